The molecular formula is C8H16N4OS. The van der Waals surface area contributed by atoms with Crippen LogP contribution < -0.4 is 5.32 Å². The number of rotatable bonds is 7. The van der Waals surface area contributed by atoms with Crippen molar-refractivity contribution in [2.75, 3.05) is 26.8 Å². The molecule has 2 N–H and O–H groups in total. The van der Waals surface area contributed by atoms with Crippen LogP contribution in [0.2, 0.25) is 0 Å². The molecule has 5 nitrogen and oxygen atoms in total. The number of nitrogens with one attached hydrogen (secondary N) is 2. The van der Waals surface area contributed by atoms with E-state index in [-0.39, 0.29) is 0 Å². The summed E-state index contributed by atoms with van der Waals surface area (Å²) in [5, 5.41) is 11.2. The predicted molar refractivity (Wildman–Crippen MR) is 56.4 cm³/mol. The summed E-state index contributed by atoms with van der Waals surface area (Å²) in [5.74, 6) is 0. The molecule has 0 fully saturated rings. The van der Waals surface area contributed by atoms with Crippen molar-refractivity contribution >= 4 is 11.8 Å². The van der Waals surface area contributed by atoms with Gasteiger partial charge in [0.1, 0.15) is 6.33 Å². The van der Waals surface area contributed by atoms with E-state index in [9.17, 15) is 0 Å². The number of ether oxygens (including phenoxy) is 1. The van der Waals surface area contributed by atoms with Crippen molar-refractivity contribution in [3.8, 4) is 0 Å². The van der Waals surface area contributed by atoms with Crippen LogP contribution in [-0.2, 0) is 4.74 Å². The molecule has 0 aliphatic heterocycles. The van der Waals surface area contributed by atoms with Gasteiger partial charge in [0, 0.05) is 25.4 Å². The molecule has 1 atom stereocenters. The van der Waals surface area contributed by atoms with Crippen LogP contribution in [0.1, 0.15) is 6.92 Å². The fourth-order valence-corrected chi connectivity index (χ4v) is 1.76. The minimum atomic E-state index is 0.472. The highest BCUT2D eigenvalue weighted by Crippen LogP contribution is 2.16. The number of hydrogen-bond acceptors (Lipinski definition) is 5. The van der Waals surface area contributed by atoms with E-state index in [0.717, 1.165) is 24.9 Å². The molecule has 1 unspecified atom stereocenters. The van der Waals surface area contributed by atoms with E-state index in [4.69, 9.17) is 4.74 Å². The fraction of sp³-hybridized carbons (Fsp3) is 0.750. The minimum Gasteiger partial charge on any atom is -0.383 e. The Labute approximate surface area is 88.0 Å². The maximum atomic E-state index is 4.93. The lowest BCUT2D eigenvalue weighted by atomic mass is 10.4. The molecule has 0 aliphatic rings. The van der Waals surface area contributed by atoms with E-state index in [1.54, 1.807) is 18.9 Å². The second kappa shape index (κ2) is 6.80. The first kappa shape index (κ1) is 11.5. The Morgan fingerprint density at radius 3 is 3.21 bits per heavy atom. The zero-order valence-electron chi connectivity index (χ0n) is 8.49. The first-order chi connectivity index (χ1) is 6.83. The summed E-state index contributed by atoms with van der Waals surface area (Å²) in [6.07, 6.45) is 1.52. The normalized spacial score (nSPS) is 13.0. The Kier molecular flexibility index (Phi) is 5.58. The molecule has 1 aromatic rings. The smallest absolute Gasteiger partial charge is 0.183 e. The maximum Gasteiger partial charge on any atom is 0.183 e. The van der Waals surface area contributed by atoms with Gasteiger partial charge in [0.2, 0.25) is 0 Å². The molecular weight excluding hydrogens is 200 g/mol. The molecule has 0 aromatic carbocycles. The second-order valence-electron chi connectivity index (χ2n) is 2.92. The van der Waals surface area contributed by atoms with Crippen LogP contribution in [0.4, 0.5) is 0 Å². The SMILES string of the molecule is COCCNCC(C)Sc1ncn[nH]1. The summed E-state index contributed by atoms with van der Waals surface area (Å²) in [6, 6.07) is 0. The van der Waals surface area contributed by atoms with Crippen molar-refractivity contribution in [2.45, 2.75) is 17.3 Å². The summed E-state index contributed by atoms with van der Waals surface area (Å²) in [6.45, 7) is 4.72. The van der Waals surface area contributed by atoms with Crippen LogP contribution in [0.15, 0.2) is 11.5 Å². The quantitative estimate of drug-likeness (QED) is 0.514. The summed E-state index contributed by atoms with van der Waals surface area (Å²) >= 11 is 1.68. The average Bonchev–Trinajstić information content (AvgIpc) is 2.65. The molecule has 80 valence electrons. The van der Waals surface area contributed by atoms with Crippen LogP contribution in [0, 0.1) is 0 Å². The van der Waals surface area contributed by atoms with Gasteiger partial charge in [-0.15, -0.1) is 0 Å². The van der Waals surface area contributed by atoms with Gasteiger partial charge in [0.25, 0.3) is 0 Å². The lowest BCUT2D eigenvalue weighted by Crippen LogP contribution is -2.26. The highest BCUT2D eigenvalue weighted by molar-refractivity contribution is 7.99. The molecule has 6 heteroatoms. The monoisotopic (exact) mass is 216 g/mol. The molecule has 1 rings (SSSR count). The van der Waals surface area contributed by atoms with Gasteiger partial charge in [-0.05, 0) is 0 Å². The summed E-state index contributed by atoms with van der Waals surface area (Å²) < 4.78 is 4.93. The minimum absolute atomic E-state index is 0.472. The van der Waals surface area contributed by atoms with Crippen LogP contribution in [0.3, 0.4) is 0 Å². The van der Waals surface area contributed by atoms with E-state index < -0.39 is 0 Å². The third-order valence-corrected chi connectivity index (χ3v) is 2.61. The van der Waals surface area contributed by atoms with Crippen molar-refractivity contribution in [3.05, 3.63) is 6.33 Å². The first-order valence-electron chi connectivity index (χ1n) is 4.54. The van der Waals surface area contributed by atoms with Gasteiger partial charge in [-0.2, -0.15) is 5.10 Å². The van der Waals surface area contributed by atoms with Crippen molar-refractivity contribution in [3.63, 3.8) is 0 Å². The summed E-state index contributed by atoms with van der Waals surface area (Å²) in [7, 11) is 1.70. The summed E-state index contributed by atoms with van der Waals surface area (Å²) in [5.41, 5.74) is 0. The number of hydrogen-bond donors (Lipinski definition) is 2. The Morgan fingerprint density at radius 2 is 2.57 bits per heavy atom. The average molecular weight is 216 g/mol. The van der Waals surface area contributed by atoms with Crippen molar-refractivity contribution in [1.82, 2.24) is 20.5 Å². The van der Waals surface area contributed by atoms with Gasteiger partial charge in [0.15, 0.2) is 5.16 Å². The van der Waals surface area contributed by atoms with Gasteiger partial charge in [-0.25, -0.2) is 4.98 Å². The third-order valence-electron chi connectivity index (χ3n) is 1.62. The highest BCUT2D eigenvalue weighted by Gasteiger charge is 2.05. The molecule has 0 bridgehead atoms. The van der Waals surface area contributed by atoms with Gasteiger partial charge in [-0.3, -0.25) is 5.10 Å². The van der Waals surface area contributed by atoms with Gasteiger partial charge in [0.05, 0.1) is 6.61 Å². The molecule has 0 radical (unpaired) electrons. The number of methoxy groups -OCH3 is 1. The molecule has 1 aromatic heterocycles. The molecule has 0 aliphatic carbocycles. The standard InChI is InChI=1S/C8H16N4OS/c1-7(5-9-3-4-13-2)14-8-10-6-11-12-8/h6-7,9H,3-5H2,1-2H3,(H,10,11,12). The van der Waals surface area contributed by atoms with E-state index in [2.05, 4.69) is 27.4 Å². The highest BCUT2D eigenvalue weighted by atomic mass is 32.2. The lowest BCUT2D eigenvalue weighted by Gasteiger charge is -2.09. The molecule has 0 spiro atoms. The van der Waals surface area contributed by atoms with Gasteiger partial charge in [-0.1, -0.05) is 18.7 Å². The fourth-order valence-electron chi connectivity index (χ4n) is 0.963. The van der Waals surface area contributed by atoms with E-state index >= 15 is 0 Å². The van der Waals surface area contributed by atoms with Crippen molar-refractivity contribution in [1.29, 1.82) is 0 Å². The molecule has 0 amide bonds. The second-order valence-corrected chi connectivity index (χ2v) is 4.34. The lowest BCUT2D eigenvalue weighted by molar-refractivity contribution is 0.199. The largest absolute Gasteiger partial charge is 0.383 e. The molecule has 1 heterocycles. The zero-order chi connectivity index (χ0) is 10.2. The zero-order valence-corrected chi connectivity index (χ0v) is 9.30. The van der Waals surface area contributed by atoms with Crippen molar-refractivity contribution in [2.24, 2.45) is 0 Å². The predicted octanol–water partition coefficient (Wildman–Crippen LogP) is 0.521. The van der Waals surface area contributed by atoms with Crippen LogP contribution in [0.25, 0.3) is 0 Å². The summed E-state index contributed by atoms with van der Waals surface area (Å²) in [4.78, 5) is 4.04. The van der Waals surface area contributed by atoms with E-state index in [1.165, 1.54) is 6.33 Å². The Morgan fingerprint density at radius 1 is 1.71 bits per heavy atom. The number of thioether (sulfide) groups is 1. The topological polar surface area (TPSA) is 62.8 Å². The van der Waals surface area contributed by atoms with Gasteiger partial charge >= 0.3 is 0 Å². The molecule has 0 saturated heterocycles. The van der Waals surface area contributed by atoms with Crippen LogP contribution in [-0.4, -0.2) is 47.2 Å². The van der Waals surface area contributed by atoms with Crippen LogP contribution >= 0.6 is 11.8 Å². The Bertz CT molecular complexity index is 229. The molecule has 0 saturated carbocycles. The number of aromatic nitrogens is 3. The maximum absolute atomic E-state index is 4.93. The molecule has 14 heavy (non-hydrogen) atoms. The van der Waals surface area contributed by atoms with E-state index in [1.807, 2.05) is 0 Å². The number of nitrogens with zero attached hydrogens (tertiary/aromatic N) is 2. The Hall–Kier alpha value is -0.590. The van der Waals surface area contributed by atoms with E-state index in [0.29, 0.717) is 5.25 Å². The number of aromatic amines is 1. The van der Waals surface area contributed by atoms with Crippen molar-refractivity contribution < 1.29 is 4.74 Å². The van der Waals surface area contributed by atoms with Crippen LogP contribution in [0.5, 0.6) is 0 Å². The van der Waals surface area contributed by atoms with Gasteiger partial charge < -0.3 is 10.1 Å². The Balaban J connectivity index is 2.07. The third kappa shape index (κ3) is 4.59. The number of H-pyrrole nitrogens is 1. The first-order valence-corrected chi connectivity index (χ1v) is 5.42.